The first-order valence-electron chi connectivity index (χ1n) is 43.1. The van der Waals surface area contributed by atoms with Gasteiger partial charge in [-0.2, -0.15) is 11.8 Å². The van der Waals surface area contributed by atoms with E-state index in [1.807, 2.05) is 0 Å². The van der Waals surface area contributed by atoms with E-state index < -0.39 is 217 Å². The minimum atomic E-state index is -1.74. The number of nitrogens with two attached hydrogens (primary N) is 6. The molecule has 0 aliphatic heterocycles. The maximum atomic E-state index is 15.4. The molecule has 0 saturated carbocycles. The van der Waals surface area contributed by atoms with Gasteiger partial charge in [0.1, 0.15) is 79.0 Å². The third-order valence-corrected chi connectivity index (χ3v) is 21.9. The van der Waals surface area contributed by atoms with Gasteiger partial charge in [-0.05, 0) is 158 Å². The lowest BCUT2D eigenvalue weighted by Gasteiger charge is -2.29. The van der Waals surface area contributed by atoms with Crippen LogP contribution >= 0.6 is 23.5 Å². The number of amides is 16. The average molecular weight is 1860 g/mol. The number of benzene rings is 2. The van der Waals surface area contributed by atoms with Crippen molar-refractivity contribution in [2.24, 2.45) is 46.2 Å². The van der Waals surface area contributed by atoms with E-state index in [1.165, 1.54) is 32.5 Å². The van der Waals surface area contributed by atoms with E-state index >= 15 is 19.2 Å². The number of nitrogens with one attached hydrogen (secondary N) is 21. The van der Waals surface area contributed by atoms with E-state index in [2.05, 4.69) is 100 Å². The van der Waals surface area contributed by atoms with Crippen LogP contribution in [-0.4, -0.2) is 269 Å². The third-order valence-electron chi connectivity index (χ3n) is 20.4. The summed E-state index contributed by atoms with van der Waals surface area (Å²) in [5, 5.41) is 70.2. The van der Waals surface area contributed by atoms with Gasteiger partial charge in [0.25, 0.3) is 0 Å². The summed E-state index contributed by atoms with van der Waals surface area (Å²) in [6, 6.07) is -4.63. The highest BCUT2D eigenvalue weighted by Gasteiger charge is 2.39. The molecule has 0 saturated heterocycles. The van der Waals surface area contributed by atoms with Crippen LogP contribution in [-0.2, 0) is 94.3 Å². The SMILES string of the molecule is CSCC[C@H](NC(=O)[C@H](C)NC(=O)[C@H](Cc1c[nH]c2ccccc12)NC(=O)[C@H](CCC(N)=O)NC(=O)[C@H](Cc1c[nH]c2ccccc12)NC(=O)[C@H](CCCNC(=N)N)NC(=O)[C@H](CC(C)C)NC(=O)[C@H](CSCNC(C)=O)NC(=O)[C@H](CCCCN)NC(=O)[C@H](C)N)C(=O)N[C@@H](CCCNC(=N)N)C(=O)N[C@@H](CCCCN)C(=O)N[C@H](C(=O)NCC(=O)NCC(=O)O)C(C)C. The summed E-state index contributed by atoms with van der Waals surface area (Å²) < 4.78 is 0. The number of aliphatic carboxylic acids is 1. The van der Waals surface area contributed by atoms with Crippen LogP contribution in [0.4, 0.5) is 0 Å². The first kappa shape index (κ1) is 110. The molecule has 0 aliphatic rings. The smallest absolute Gasteiger partial charge is 0.322 e. The second kappa shape index (κ2) is 58.2. The van der Waals surface area contributed by atoms with Crippen molar-refractivity contribution >= 4 is 158 Å². The number of carboxylic acid groups (broad SMARTS) is 1. The van der Waals surface area contributed by atoms with E-state index in [9.17, 15) is 62.3 Å². The number of H-pyrrole nitrogens is 2. The highest BCUT2D eigenvalue weighted by atomic mass is 32.2. The van der Waals surface area contributed by atoms with Crippen molar-refractivity contribution in [1.29, 1.82) is 10.8 Å². The number of fused-ring (bicyclic) bond motifs is 2. The van der Waals surface area contributed by atoms with E-state index in [4.69, 9.17) is 50.3 Å². The first-order chi connectivity index (χ1) is 61.7. The molecule has 0 aliphatic carbocycles. The zero-order valence-corrected chi connectivity index (χ0v) is 76.4. The van der Waals surface area contributed by atoms with E-state index in [0.717, 1.165) is 11.8 Å². The number of unbranched alkanes of at least 4 members (excludes halogenated alkanes) is 2. The molecule has 2 aromatic heterocycles. The van der Waals surface area contributed by atoms with Gasteiger partial charge < -0.3 is 140 Å². The molecule has 720 valence electrons. The molecule has 130 heavy (non-hydrogen) atoms. The second-order valence-corrected chi connectivity index (χ2v) is 34.1. The van der Waals surface area contributed by atoms with Gasteiger partial charge in [-0.15, -0.1) is 11.8 Å². The normalized spacial score (nSPS) is 14.2. The number of hydrogen-bond acceptors (Lipinski definition) is 24. The Morgan fingerprint density at radius 2 is 0.823 bits per heavy atom. The van der Waals surface area contributed by atoms with E-state index in [0.29, 0.717) is 58.6 Å². The Hall–Kier alpha value is -12.4. The van der Waals surface area contributed by atoms with E-state index in [1.54, 1.807) is 94.9 Å². The quantitative estimate of drug-likeness (QED) is 0.00854. The van der Waals surface area contributed by atoms with Gasteiger partial charge in [0.15, 0.2) is 11.9 Å². The molecule has 47 heteroatoms. The zero-order valence-electron chi connectivity index (χ0n) is 74.8. The molecule has 13 atom stereocenters. The number of aromatic amines is 2. The number of rotatable bonds is 62. The minimum absolute atomic E-state index is 0.00338. The molecule has 16 amide bonds. The van der Waals surface area contributed by atoms with Gasteiger partial charge in [-0.3, -0.25) is 92.3 Å². The van der Waals surface area contributed by atoms with Gasteiger partial charge >= 0.3 is 5.97 Å². The van der Waals surface area contributed by atoms with Crippen molar-refractivity contribution < 1.29 is 86.6 Å². The molecule has 45 nitrogen and oxygen atoms in total. The second-order valence-electron chi connectivity index (χ2n) is 32.1. The van der Waals surface area contributed by atoms with Crippen molar-refractivity contribution in [3.05, 3.63) is 72.1 Å². The molecule has 2 heterocycles. The summed E-state index contributed by atoms with van der Waals surface area (Å²) in [7, 11) is 0. The number of para-hydroxylation sites is 2. The predicted octanol–water partition coefficient (Wildman–Crippen LogP) is -4.73. The van der Waals surface area contributed by atoms with Crippen molar-refractivity contribution in [3.63, 3.8) is 0 Å². The molecule has 2 aromatic carbocycles. The Morgan fingerprint density at radius 3 is 1.25 bits per heavy atom. The summed E-state index contributed by atoms with van der Waals surface area (Å²) in [5.74, 6) is -16.6. The Balaban J connectivity index is 1.74. The molecule has 0 fully saturated rings. The van der Waals surface area contributed by atoms with Gasteiger partial charge in [0.05, 0.1) is 18.5 Å². The largest absolute Gasteiger partial charge is 0.480 e. The molecule has 0 spiro atoms. The fourth-order valence-corrected chi connectivity index (χ4v) is 14.7. The number of hydrogen-bond donors (Lipinski definition) is 28. The van der Waals surface area contributed by atoms with Crippen LogP contribution in [0, 0.1) is 22.7 Å². The lowest BCUT2D eigenvalue weighted by atomic mass is 10.0. The molecule has 34 N–H and O–H groups in total. The lowest BCUT2D eigenvalue weighted by Crippen LogP contribution is -2.61. The molecule has 0 bridgehead atoms. The highest BCUT2D eigenvalue weighted by Crippen LogP contribution is 2.23. The van der Waals surface area contributed by atoms with E-state index in [-0.39, 0.29) is 120 Å². The summed E-state index contributed by atoms with van der Waals surface area (Å²) in [6.45, 7) is 9.91. The van der Waals surface area contributed by atoms with Crippen molar-refractivity contribution in [3.8, 4) is 0 Å². The Morgan fingerprint density at radius 1 is 0.431 bits per heavy atom. The van der Waals surface area contributed by atoms with Crippen LogP contribution in [0.2, 0.25) is 0 Å². The van der Waals surface area contributed by atoms with Crippen LogP contribution in [0.3, 0.4) is 0 Å². The molecule has 0 unspecified atom stereocenters. The number of primary amides is 1. The Labute approximate surface area is 762 Å². The van der Waals surface area contributed by atoms with Gasteiger partial charge in [0, 0.05) is 79.2 Å². The van der Waals surface area contributed by atoms with Crippen LogP contribution in [0.15, 0.2) is 60.9 Å². The van der Waals surface area contributed by atoms with Crippen molar-refractivity contribution in [1.82, 2.24) is 100 Å². The summed E-state index contributed by atoms with van der Waals surface area (Å²) in [5.41, 5.74) is 36.5. The minimum Gasteiger partial charge on any atom is -0.480 e. The molecule has 0 radical (unpaired) electrons. The first-order valence-corrected chi connectivity index (χ1v) is 45.6. The molecule has 4 rings (SSSR count). The number of thioether (sulfide) groups is 2. The van der Waals surface area contributed by atoms with Gasteiger partial charge in [-0.1, -0.05) is 64.1 Å². The number of carboxylic acids is 1. The van der Waals surface area contributed by atoms with Crippen LogP contribution in [0.5, 0.6) is 0 Å². The van der Waals surface area contributed by atoms with Crippen LogP contribution in [0.1, 0.15) is 149 Å². The number of aromatic nitrogens is 2. The molecular weight excluding hydrogens is 1730 g/mol. The Bertz CT molecular complexity index is 4490. The monoisotopic (exact) mass is 1860 g/mol. The number of carbonyl (C=O) groups excluding carboxylic acids is 16. The number of carbonyl (C=O) groups is 17. The fourth-order valence-electron chi connectivity index (χ4n) is 13.3. The topological polar surface area (TPSA) is 750 Å². The van der Waals surface area contributed by atoms with Crippen molar-refractivity contribution in [2.45, 2.75) is 230 Å². The average Bonchev–Trinajstić information content (AvgIpc) is 1.65. The van der Waals surface area contributed by atoms with Crippen molar-refractivity contribution in [2.75, 3.05) is 62.9 Å². The Kier molecular flexibility index (Phi) is 49.3. The standard InChI is InChI=1S/C83H133N27O18S2/c1-44(2)35-61(106-80(127)64(42-130-43-98-48(7)111)109-73(120)55(23-13-15-30-84)100-69(116)46(5)86)78(125)104-58(26-18-33-93-83(90)91)72(119)108-63(37-50-39-95-54-22-12-10-20-52(50)54)79(126)105-59(27-28-65(87)112)74(121)107-62(36-49-38-94-53-21-11-9-19-51(49)53)77(124)99-47(6)70(117)101-60(29-34-129-8)75(122)103-57(25-17-32-92-82(88)89)71(118)102-56(24-14-16-31-85)76(123)110-68(45(3)4)81(128)97-40-66(113)96-41-67(114)115/h9-12,19-22,38-39,44-47,55-64,68,94-95H,13-18,23-37,40-43,84-86H2,1-8H3,(H2,87,112)(H,96,113)(H,97,128)(H,98,111)(H,99,124)(H,100,116)(H,101,117)(H,102,118)(H,103,122)(H,104,125)(H,105,126)(H,106,127)(H,107,121)(H,108,119)(H,109,120)(H,110,123)(H,114,115)(H4,88,89,92)(H4,90,91,93)/t46-,47-,55-,56-,57-,58-,59-,60-,61-,62-,63-,64-,68-/m0/s1. The van der Waals surface area contributed by atoms with Gasteiger partial charge in [0.2, 0.25) is 94.5 Å². The van der Waals surface area contributed by atoms with Crippen LogP contribution in [0.25, 0.3) is 21.8 Å². The zero-order chi connectivity index (χ0) is 96.7. The molecular formula is C83H133N27O18S2. The number of guanidine groups is 2. The maximum absolute atomic E-state index is 15.4. The highest BCUT2D eigenvalue weighted by molar-refractivity contribution is 7.99. The molecule has 4 aromatic rings. The summed E-state index contributed by atoms with van der Waals surface area (Å²) in [6.07, 6.45) is 4.64. The third kappa shape index (κ3) is 40.5. The van der Waals surface area contributed by atoms with Gasteiger partial charge in [-0.25, -0.2) is 0 Å². The van der Waals surface area contributed by atoms with Crippen LogP contribution < -0.4 is 125 Å². The predicted molar refractivity (Wildman–Crippen MR) is 491 cm³/mol. The summed E-state index contributed by atoms with van der Waals surface area (Å²) >= 11 is 2.36. The fraction of sp³-hybridized carbons (Fsp3) is 0.578. The summed E-state index contributed by atoms with van der Waals surface area (Å²) in [4.78, 5) is 243. The lowest BCUT2D eigenvalue weighted by molar-refractivity contribution is -0.138. The maximum Gasteiger partial charge on any atom is 0.322 e.